The van der Waals surface area contributed by atoms with Crippen LogP contribution in [0.15, 0.2) is 24.3 Å². The maximum atomic E-state index is 11.6. The number of aliphatic hydroxyl groups excluding tert-OH is 1. The molecule has 1 atom stereocenters. The van der Waals surface area contributed by atoms with Crippen LogP contribution in [0.25, 0.3) is 0 Å². The molecule has 0 saturated heterocycles. The maximum Gasteiger partial charge on any atom is 0.303 e. The predicted octanol–water partition coefficient (Wildman–Crippen LogP) is 4.03. The van der Waals surface area contributed by atoms with Crippen molar-refractivity contribution >= 4 is 11.8 Å². The summed E-state index contributed by atoms with van der Waals surface area (Å²) in [6.07, 6.45) is 14.4. The number of aliphatic hydroxyl groups is 1. The van der Waals surface area contributed by atoms with Crippen molar-refractivity contribution in [2.24, 2.45) is 0 Å². The standard InChI is InChI=1S/C18H30O4/c1-2-3-10-13-16(19)17(20)14-11-8-6-4-5-7-9-12-15-18(21)22/h3,8,10-11,16,19H,2,4-7,9,12-15H2,1H3,(H,21,22)/b10-3-,11-8-. The molecule has 0 aromatic carbocycles. The zero-order valence-electron chi connectivity index (χ0n) is 13.7. The second kappa shape index (κ2) is 14.5. The van der Waals surface area contributed by atoms with Gasteiger partial charge in [0.15, 0.2) is 5.78 Å². The van der Waals surface area contributed by atoms with Crippen LogP contribution < -0.4 is 0 Å². The van der Waals surface area contributed by atoms with E-state index in [9.17, 15) is 14.7 Å². The van der Waals surface area contributed by atoms with E-state index in [4.69, 9.17) is 5.11 Å². The monoisotopic (exact) mass is 310 g/mol. The van der Waals surface area contributed by atoms with E-state index in [1.807, 2.05) is 31.2 Å². The molecule has 0 saturated carbocycles. The third-order valence-electron chi connectivity index (χ3n) is 3.38. The minimum Gasteiger partial charge on any atom is -0.481 e. The molecule has 0 aromatic rings. The quantitative estimate of drug-likeness (QED) is 0.375. The number of allylic oxidation sites excluding steroid dienone is 3. The van der Waals surface area contributed by atoms with Crippen LogP contribution in [0.2, 0.25) is 0 Å². The lowest BCUT2D eigenvalue weighted by atomic mass is 10.1. The number of hydrogen-bond donors (Lipinski definition) is 2. The van der Waals surface area contributed by atoms with Crippen molar-refractivity contribution in [2.45, 2.75) is 77.2 Å². The average Bonchev–Trinajstić information content (AvgIpc) is 2.48. The number of Topliss-reactive ketones (excluding diaryl/α,β-unsaturated/α-hetero) is 1. The van der Waals surface area contributed by atoms with E-state index in [-0.39, 0.29) is 12.2 Å². The summed E-state index contributed by atoms with van der Waals surface area (Å²) in [5, 5.41) is 18.1. The molecule has 2 N–H and O–H groups in total. The van der Waals surface area contributed by atoms with Gasteiger partial charge in [-0.1, -0.05) is 50.5 Å². The number of carbonyl (C=O) groups is 2. The molecule has 0 rings (SSSR count). The highest BCUT2D eigenvalue weighted by Gasteiger charge is 2.10. The van der Waals surface area contributed by atoms with Crippen molar-refractivity contribution in [2.75, 3.05) is 0 Å². The first kappa shape index (κ1) is 20.6. The molecule has 22 heavy (non-hydrogen) atoms. The second-order valence-corrected chi connectivity index (χ2v) is 5.47. The van der Waals surface area contributed by atoms with E-state index in [1.54, 1.807) is 0 Å². The van der Waals surface area contributed by atoms with E-state index in [2.05, 4.69) is 0 Å². The summed E-state index contributed by atoms with van der Waals surface area (Å²) in [5.74, 6) is -0.856. The summed E-state index contributed by atoms with van der Waals surface area (Å²) < 4.78 is 0. The Morgan fingerprint density at radius 2 is 1.64 bits per heavy atom. The van der Waals surface area contributed by atoms with Gasteiger partial charge in [0.2, 0.25) is 0 Å². The van der Waals surface area contributed by atoms with Crippen LogP contribution in [0, 0.1) is 0 Å². The molecule has 4 nitrogen and oxygen atoms in total. The summed E-state index contributed by atoms with van der Waals surface area (Å²) in [4.78, 5) is 21.9. The lowest BCUT2D eigenvalue weighted by molar-refractivity contribution is -0.137. The van der Waals surface area contributed by atoms with Crippen molar-refractivity contribution in [3.63, 3.8) is 0 Å². The maximum absolute atomic E-state index is 11.6. The van der Waals surface area contributed by atoms with E-state index in [0.717, 1.165) is 44.9 Å². The Kier molecular flexibility index (Phi) is 13.6. The molecule has 0 aromatic heterocycles. The van der Waals surface area contributed by atoms with Gasteiger partial charge in [0, 0.05) is 12.8 Å². The lowest BCUT2D eigenvalue weighted by Crippen LogP contribution is -2.18. The molecule has 0 aliphatic carbocycles. The Morgan fingerprint density at radius 1 is 0.955 bits per heavy atom. The number of aliphatic carboxylic acids is 1. The van der Waals surface area contributed by atoms with E-state index < -0.39 is 12.1 Å². The number of hydrogen-bond acceptors (Lipinski definition) is 3. The summed E-state index contributed by atoms with van der Waals surface area (Å²) in [6, 6.07) is 0. The second-order valence-electron chi connectivity index (χ2n) is 5.47. The van der Waals surface area contributed by atoms with Crippen LogP contribution in [0.5, 0.6) is 0 Å². The molecule has 0 aliphatic heterocycles. The van der Waals surface area contributed by atoms with Gasteiger partial charge in [0.05, 0.1) is 0 Å². The highest BCUT2D eigenvalue weighted by molar-refractivity contribution is 5.84. The molecular weight excluding hydrogens is 280 g/mol. The normalized spacial score (nSPS) is 13.0. The van der Waals surface area contributed by atoms with Crippen LogP contribution in [0.1, 0.15) is 71.1 Å². The number of carboxylic acid groups (broad SMARTS) is 1. The number of carboxylic acids is 1. The molecule has 1 unspecified atom stereocenters. The fraction of sp³-hybridized carbons (Fsp3) is 0.667. The molecule has 126 valence electrons. The molecule has 0 radical (unpaired) electrons. The van der Waals surface area contributed by atoms with Crippen LogP contribution in [-0.2, 0) is 9.59 Å². The summed E-state index contributed by atoms with van der Waals surface area (Å²) in [5.41, 5.74) is 0. The predicted molar refractivity (Wildman–Crippen MR) is 88.8 cm³/mol. The fourth-order valence-electron chi connectivity index (χ4n) is 2.05. The zero-order chi connectivity index (χ0) is 16.6. The van der Waals surface area contributed by atoms with Crippen LogP contribution >= 0.6 is 0 Å². The summed E-state index contributed by atoms with van der Waals surface area (Å²) >= 11 is 0. The Morgan fingerprint density at radius 3 is 2.32 bits per heavy atom. The van der Waals surface area contributed by atoms with Gasteiger partial charge in [0.1, 0.15) is 6.10 Å². The van der Waals surface area contributed by atoms with Crippen molar-refractivity contribution in [3.05, 3.63) is 24.3 Å². The van der Waals surface area contributed by atoms with Crippen molar-refractivity contribution in [1.82, 2.24) is 0 Å². The largest absolute Gasteiger partial charge is 0.481 e. The third-order valence-corrected chi connectivity index (χ3v) is 3.38. The summed E-state index contributed by atoms with van der Waals surface area (Å²) in [7, 11) is 0. The highest BCUT2D eigenvalue weighted by atomic mass is 16.4. The van der Waals surface area contributed by atoms with Gasteiger partial charge in [-0.3, -0.25) is 9.59 Å². The third kappa shape index (κ3) is 13.6. The Balaban J connectivity index is 3.51. The molecule has 0 aliphatic rings. The van der Waals surface area contributed by atoms with Crippen LogP contribution in [-0.4, -0.2) is 28.1 Å². The Bertz CT molecular complexity index is 358. The van der Waals surface area contributed by atoms with Gasteiger partial charge in [-0.25, -0.2) is 0 Å². The van der Waals surface area contributed by atoms with Gasteiger partial charge in [0.25, 0.3) is 0 Å². The van der Waals surface area contributed by atoms with Gasteiger partial charge in [-0.15, -0.1) is 0 Å². The molecule has 0 amide bonds. The van der Waals surface area contributed by atoms with Crippen molar-refractivity contribution < 1.29 is 19.8 Å². The van der Waals surface area contributed by atoms with E-state index in [0.29, 0.717) is 12.8 Å². The van der Waals surface area contributed by atoms with Gasteiger partial charge < -0.3 is 10.2 Å². The van der Waals surface area contributed by atoms with Gasteiger partial charge >= 0.3 is 5.97 Å². The Hall–Kier alpha value is -1.42. The van der Waals surface area contributed by atoms with Gasteiger partial charge in [-0.2, -0.15) is 0 Å². The fourth-order valence-corrected chi connectivity index (χ4v) is 2.05. The van der Waals surface area contributed by atoms with Crippen LogP contribution in [0.4, 0.5) is 0 Å². The SMILES string of the molecule is CC/C=C\CC(O)C(=O)C/C=C\CCCCCCCC(=O)O. The molecule has 0 bridgehead atoms. The smallest absolute Gasteiger partial charge is 0.303 e. The lowest BCUT2D eigenvalue weighted by Gasteiger charge is -2.04. The number of carbonyl (C=O) groups excluding carboxylic acids is 1. The van der Waals surface area contributed by atoms with E-state index >= 15 is 0 Å². The van der Waals surface area contributed by atoms with E-state index in [1.165, 1.54) is 0 Å². The number of rotatable bonds is 14. The number of ketones is 1. The van der Waals surface area contributed by atoms with Crippen molar-refractivity contribution in [3.8, 4) is 0 Å². The molecule has 0 heterocycles. The summed E-state index contributed by atoms with van der Waals surface area (Å²) in [6.45, 7) is 2.01. The first-order valence-corrected chi connectivity index (χ1v) is 8.30. The number of unbranched alkanes of at least 4 members (excludes halogenated alkanes) is 5. The molecule has 0 fully saturated rings. The van der Waals surface area contributed by atoms with Crippen LogP contribution in [0.3, 0.4) is 0 Å². The minimum atomic E-state index is -0.887. The van der Waals surface area contributed by atoms with Gasteiger partial charge in [-0.05, 0) is 32.1 Å². The first-order valence-electron chi connectivity index (χ1n) is 8.30. The minimum absolute atomic E-state index is 0.134. The molecular formula is C18H30O4. The topological polar surface area (TPSA) is 74.6 Å². The zero-order valence-corrected chi connectivity index (χ0v) is 13.7. The molecule has 4 heteroatoms. The molecule has 0 spiro atoms. The Labute approximate surface area is 133 Å². The highest BCUT2D eigenvalue weighted by Crippen LogP contribution is 2.08. The first-order chi connectivity index (χ1) is 10.6. The van der Waals surface area contributed by atoms with Crippen molar-refractivity contribution in [1.29, 1.82) is 0 Å². The average molecular weight is 310 g/mol.